The number of halogens is 5. The summed E-state index contributed by atoms with van der Waals surface area (Å²) in [6.45, 7) is 0.311. The molecule has 0 saturated carbocycles. The molecule has 0 heterocycles. The van der Waals surface area contributed by atoms with E-state index in [0.29, 0.717) is 6.54 Å². The van der Waals surface area contributed by atoms with Gasteiger partial charge in [0.1, 0.15) is 5.82 Å². The number of hydrogen-bond acceptors (Lipinski definition) is 1. The summed E-state index contributed by atoms with van der Waals surface area (Å²) in [7, 11) is 0. The Kier molecular flexibility index (Phi) is 5.43. The van der Waals surface area contributed by atoms with Crippen molar-refractivity contribution in [3.8, 4) is 0 Å². The van der Waals surface area contributed by atoms with Gasteiger partial charge in [0.2, 0.25) is 0 Å². The summed E-state index contributed by atoms with van der Waals surface area (Å²) in [6, 6.07) is 9.20. The Labute approximate surface area is 140 Å². The van der Waals surface area contributed by atoms with Crippen molar-refractivity contribution in [1.29, 1.82) is 0 Å². The minimum absolute atomic E-state index is 0.143. The standard InChI is InChI=1S/C15H11ClF4N2S/c16-13-6-5-11(7-12(13)15(18,19)20)22-14(23)21-8-9-1-3-10(17)4-2-9/h1-7H,8H2,(H2,21,22,23). The van der Waals surface area contributed by atoms with Crippen LogP contribution in [-0.4, -0.2) is 5.11 Å². The number of nitrogens with one attached hydrogen (secondary N) is 2. The number of anilines is 1. The van der Waals surface area contributed by atoms with E-state index in [4.69, 9.17) is 23.8 Å². The van der Waals surface area contributed by atoms with Gasteiger partial charge in [0.15, 0.2) is 5.11 Å². The van der Waals surface area contributed by atoms with Crippen LogP contribution >= 0.6 is 23.8 Å². The van der Waals surface area contributed by atoms with Crippen LogP contribution in [0, 0.1) is 5.82 Å². The third-order valence-electron chi connectivity index (χ3n) is 2.90. The highest BCUT2D eigenvalue weighted by Gasteiger charge is 2.33. The molecule has 8 heteroatoms. The quantitative estimate of drug-likeness (QED) is 0.594. The summed E-state index contributed by atoms with van der Waals surface area (Å²) in [6.07, 6.45) is -4.54. The van der Waals surface area contributed by atoms with E-state index in [2.05, 4.69) is 10.6 Å². The third kappa shape index (κ3) is 5.07. The van der Waals surface area contributed by atoms with Crippen LogP contribution < -0.4 is 10.6 Å². The highest BCUT2D eigenvalue weighted by atomic mass is 35.5. The Morgan fingerprint density at radius 3 is 2.35 bits per heavy atom. The number of alkyl halides is 3. The largest absolute Gasteiger partial charge is 0.417 e. The monoisotopic (exact) mass is 362 g/mol. The van der Waals surface area contributed by atoms with Gasteiger partial charge in [-0.25, -0.2) is 4.39 Å². The van der Waals surface area contributed by atoms with E-state index < -0.39 is 11.7 Å². The molecule has 0 fully saturated rings. The summed E-state index contributed by atoms with van der Waals surface area (Å²) >= 11 is 10.6. The second kappa shape index (κ2) is 7.14. The first-order valence-corrected chi connectivity index (χ1v) is 7.20. The maximum Gasteiger partial charge on any atom is 0.417 e. The summed E-state index contributed by atoms with van der Waals surface area (Å²) in [5, 5.41) is 5.24. The predicted octanol–water partition coefficient (Wildman–Crippen LogP) is 4.98. The molecular formula is C15H11ClF4N2S. The molecule has 0 aromatic heterocycles. The zero-order chi connectivity index (χ0) is 17.0. The number of thiocarbonyl (C=S) groups is 1. The Bertz CT molecular complexity index is 702. The van der Waals surface area contributed by atoms with Crippen LogP contribution in [0.2, 0.25) is 5.02 Å². The Morgan fingerprint density at radius 2 is 1.74 bits per heavy atom. The first-order valence-electron chi connectivity index (χ1n) is 6.42. The molecule has 2 rings (SSSR count). The van der Waals surface area contributed by atoms with Crippen LogP contribution in [0.3, 0.4) is 0 Å². The van der Waals surface area contributed by atoms with Crippen LogP contribution in [-0.2, 0) is 12.7 Å². The molecule has 0 bridgehead atoms. The van der Waals surface area contributed by atoms with Gasteiger partial charge in [-0.3, -0.25) is 0 Å². The van der Waals surface area contributed by atoms with E-state index in [0.717, 1.165) is 17.7 Å². The predicted molar refractivity (Wildman–Crippen MR) is 85.9 cm³/mol. The van der Waals surface area contributed by atoms with Crippen molar-refractivity contribution >= 4 is 34.6 Å². The lowest BCUT2D eigenvalue weighted by molar-refractivity contribution is -0.137. The summed E-state index contributed by atoms with van der Waals surface area (Å²) in [5.41, 5.74) is 0.00599. The average Bonchev–Trinajstić information content (AvgIpc) is 2.47. The summed E-state index contributed by atoms with van der Waals surface area (Å²) in [5.74, 6) is -0.352. The van der Waals surface area contributed by atoms with E-state index in [-0.39, 0.29) is 21.6 Å². The molecule has 23 heavy (non-hydrogen) atoms. The first kappa shape index (κ1) is 17.5. The molecular weight excluding hydrogens is 352 g/mol. The lowest BCUT2D eigenvalue weighted by Crippen LogP contribution is -2.28. The van der Waals surface area contributed by atoms with Gasteiger partial charge >= 0.3 is 6.18 Å². The molecule has 0 aliphatic rings. The first-order chi connectivity index (χ1) is 10.8. The van der Waals surface area contributed by atoms with E-state index in [1.54, 1.807) is 12.1 Å². The molecule has 2 N–H and O–H groups in total. The minimum atomic E-state index is -4.54. The molecule has 0 aliphatic carbocycles. The van der Waals surface area contributed by atoms with Gasteiger partial charge in [-0.1, -0.05) is 23.7 Å². The zero-order valence-electron chi connectivity index (χ0n) is 11.5. The minimum Gasteiger partial charge on any atom is -0.358 e. The molecule has 2 nitrogen and oxygen atoms in total. The van der Waals surface area contributed by atoms with Crippen molar-refractivity contribution in [1.82, 2.24) is 5.32 Å². The van der Waals surface area contributed by atoms with Gasteiger partial charge in [0.05, 0.1) is 10.6 Å². The second-order valence-electron chi connectivity index (χ2n) is 4.63. The van der Waals surface area contributed by atoms with Gasteiger partial charge in [-0.2, -0.15) is 13.2 Å². The van der Waals surface area contributed by atoms with E-state index in [1.165, 1.54) is 18.2 Å². The second-order valence-corrected chi connectivity index (χ2v) is 5.44. The molecule has 0 atom stereocenters. The molecule has 2 aromatic rings. The summed E-state index contributed by atoms with van der Waals surface area (Å²) in [4.78, 5) is 0. The fraction of sp³-hybridized carbons (Fsp3) is 0.133. The number of hydrogen-bond donors (Lipinski definition) is 2. The smallest absolute Gasteiger partial charge is 0.358 e. The Morgan fingerprint density at radius 1 is 1.09 bits per heavy atom. The lowest BCUT2D eigenvalue weighted by atomic mass is 10.2. The van der Waals surface area contributed by atoms with E-state index >= 15 is 0 Å². The van der Waals surface area contributed by atoms with E-state index in [9.17, 15) is 17.6 Å². The summed E-state index contributed by atoms with van der Waals surface area (Å²) < 4.78 is 51.1. The molecule has 0 unspecified atom stereocenters. The molecule has 0 saturated heterocycles. The van der Waals surface area contributed by atoms with Crippen molar-refractivity contribution in [3.05, 3.63) is 64.4 Å². The lowest BCUT2D eigenvalue weighted by Gasteiger charge is -2.14. The van der Waals surface area contributed by atoms with Crippen LogP contribution in [0.4, 0.5) is 23.2 Å². The van der Waals surface area contributed by atoms with Crippen molar-refractivity contribution in [2.24, 2.45) is 0 Å². The normalized spacial score (nSPS) is 11.2. The number of benzene rings is 2. The maximum atomic E-state index is 12.8. The van der Waals surface area contributed by atoms with Gasteiger partial charge in [0.25, 0.3) is 0 Å². The van der Waals surface area contributed by atoms with Crippen molar-refractivity contribution < 1.29 is 17.6 Å². The SMILES string of the molecule is Fc1ccc(CNC(=S)Nc2ccc(Cl)c(C(F)(F)F)c2)cc1. The fourth-order valence-corrected chi connectivity index (χ4v) is 2.19. The van der Waals surface area contributed by atoms with E-state index in [1.807, 2.05) is 0 Å². The van der Waals surface area contributed by atoms with Crippen LogP contribution in [0.1, 0.15) is 11.1 Å². The number of rotatable bonds is 3. The fourth-order valence-electron chi connectivity index (χ4n) is 1.78. The Hall–Kier alpha value is -1.86. The highest BCUT2D eigenvalue weighted by Crippen LogP contribution is 2.36. The van der Waals surface area contributed by atoms with Gasteiger partial charge in [0, 0.05) is 12.2 Å². The third-order valence-corrected chi connectivity index (χ3v) is 3.47. The maximum absolute atomic E-state index is 12.8. The molecule has 0 spiro atoms. The van der Waals surface area contributed by atoms with Crippen LogP contribution in [0.25, 0.3) is 0 Å². The average molecular weight is 363 g/mol. The molecule has 122 valence electrons. The van der Waals surface area contributed by atoms with Crippen molar-refractivity contribution in [2.75, 3.05) is 5.32 Å². The zero-order valence-corrected chi connectivity index (χ0v) is 13.1. The molecule has 2 aromatic carbocycles. The molecule has 0 amide bonds. The van der Waals surface area contributed by atoms with Crippen molar-refractivity contribution in [2.45, 2.75) is 12.7 Å². The molecule has 0 radical (unpaired) electrons. The van der Waals surface area contributed by atoms with Crippen molar-refractivity contribution in [3.63, 3.8) is 0 Å². The molecule has 0 aliphatic heterocycles. The van der Waals surface area contributed by atoms with Crippen LogP contribution in [0.15, 0.2) is 42.5 Å². The van der Waals surface area contributed by atoms with Gasteiger partial charge in [-0.05, 0) is 48.1 Å². The van der Waals surface area contributed by atoms with Crippen LogP contribution in [0.5, 0.6) is 0 Å². The van der Waals surface area contributed by atoms with Gasteiger partial charge < -0.3 is 10.6 Å². The highest BCUT2D eigenvalue weighted by molar-refractivity contribution is 7.80. The topological polar surface area (TPSA) is 24.1 Å². The Balaban J connectivity index is 1.99. The van der Waals surface area contributed by atoms with Gasteiger partial charge in [-0.15, -0.1) is 0 Å².